The molecule has 0 fully saturated rings. The number of ether oxygens (including phenoxy) is 1. The van der Waals surface area contributed by atoms with Gasteiger partial charge in [0.2, 0.25) is 0 Å². The van der Waals surface area contributed by atoms with Crippen LogP contribution < -0.4 is 5.32 Å². The molecule has 0 aliphatic carbocycles. The molecule has 7 nitrogen and oxygen atoms in total. The number of rotatable bonds is 8. The van der Waals surface area contributed by atoms with Crippen LogP contribution in [0.1, 0.15) is 12.0 Å². The predicted molar refractivity (Wildman–Crippen MR) is 75.9 cm³/mol. The number of hydrogen-bond acceptors (Lipinski definition) is 6. The van der Waals surface area contributed by atoms with E-state index >= 15 is 0 Å². The van der Waals surface area contributed by atoms with Gasteiger partial charge in [0, 0.05) is 20.6 Å². The SMILES string of the molecule is COP(=O)(OC)C(CC=O)NC(=O)OCc1ccccc1. The first-order valence-corrected chi connectivity index (χ1v) is 7.79. The first kappa shape index (κ1) is 17.4. The number of alkyl carbamates (subject to hydrolysis) is 1. The molecule has 0 heterocycles. The quantitative estimate of drug-likeness (QED) is 0.585. The molecule has 0 bridgehead atoms. The van der Waals surface area contributed by atoms with Gasteiger partial charge in [-0.1, -0.05) is 30.3 Å². The smallest absolute Gasteiger partial charge is 0.408 e. The van der Waals surface area contributed by atoms with Crippen LogP contribution in [-0.4, -0.2) is 32.4 Å². The van der Waals surface area contributed by atoms with Crippen LogP contribution >= 0.6 is 7.60 Å². The van der Waals surface area contributed by atoms with Crippen molar-refractivity contribution in [2.24, 2.45) is 0 Å². The molecule has 1 unspecified atom stereocenters. The lowest BCUT2D eigenvalue weighted by Gasteiger charge is -2.23. The van der Waals surface area contributed by atoms with Gasteiger partial charge < -0.3 is 23.9 Å². The summed E-state index contributed by atoms with van der Waals surface area (Å²) >= 11 is 0. The van der Waals surface area contributed by atoms with E-state index in [1.165, 1.54) is 14.2 Å². The lowest BCUT2D eigenvalue weighted by atomic mass is 10.2. The van der Waals surface area contributed by atoms with E-state index < -0.39 is 19.5 Å². The van der Waals surface area contributed by atoms with Crippen LogP contribution in [0, 0.1) is 0 Å². The van der Waals surface area contributed by atoms with Crippen LogP contribution in [0.4, 0.5) is 4.79 Å². The highest BCUT2D eigenvalue weighted by molar-refractivity contribution is 7.54. The number of hydrogen-bond donors (Lipinski definition) is 1. The summed E-state index contributed by atoms with van der Waals surface area (Å²) in [5.41, 5.74) is 0.807. The number of amides is 1. The van der Waals surface area contributed by atoms with Crippen molar-refractivity contribution >= 4 is 20.0 Å². The molecule has 0 radical (unpaired) electrons. The molecule has 1 N–H and O–H groups in total. The monoisotopic (exact) mass is 315 g/mol. The van der Waals surface area contributed by atoms with Crippen molar-refractivity contribution in [3.63, 3.8) is 0 Å². The summed E-state index contributed by atoms with van der Waals surface area (Å²) in [5.74, 6) is -1.09. The summed E-state index contributed by atoms with van der Waals surface area (Å²) in [4.78, 5) is 22.3. The van der Waals surface area contributed by atoms with Crippen molar-refractivity contribution < 1.29 is 27.9 Å². The van der Waals surface area contributed by atoms with Crippen molar-refractivity contribution in [3.05, 3.63) is 35.9 Å². The zero-order chi connectivity index (χ0) is 15.7. The Morgan fingerprint density at radius 2 is 1.90 bits per heavy atom. The summed E-state index contributed by atoms with van der Waals surface area (Å²) in [6, 6.07) is 9.07. The van der Waals surface area contributed by atoms with Crippen LogP contribution in [0.5, 0.6) is 0 Å². The van der Waals surface area contributed by atoms with Gasteiger partial charge in [-0.25, -0.2) is 4.79 Å². The fourth-order valence-corrected chi connectivity index (χ4v) is 2.85. The summed E-state index contributed by atoms with van der Waals surface area (Å²) in [5, 5.41) is 2.33. The van der Waals surface area contributed by atoms with E-state index in [9.17, 15) is 14.2 Å². The van der Waals surface area contributed by atoms with Crippen LogP contribution in [-0.2, 0) is 29.8 Å². The number of aldehydes is 1. The standard InChI is InChI=1S/C13H18NO6P/c1-18-21(17,19-2)12(8-9-15)14-13(16)20-10-11-6-4-3-5-7-11/h3-7,9,12H,8,10H2,1-2H3,(H,14,16). The van der Waals surface area contributed by atoms with Crippen LogP contribution in [0.2, 0.25) is 0 Å². The topological polar surface area (TPSA) is 90.9 Å². The molecule has 0 saturated heterocycles. The molecule has 0 aliphatic rings. The third-order valence-electron chi connectivity index (χ3n) is 2.71. The molecule has 21 heavy (non-hydrogen) atoms. The molecular formula is C13H18NO6P. The van der Waals surface area contributed by atoms with Crippen molar-refractivity contribution in [1.82, 2.24) is 5.32 Å². The van der Waals surface area contributed by atoms with Gasteiger partial charge in [-0.15, -0.1) is 0 Å². The first-order valence-electron chi connectivity index (χ1n) is 6.17. The molecule has 1 amide bonds. The Hall–Kier alpha value is -1.69. The second-order valence-corrected chi connectivity index (χ2v) is 6.46. The molecule has 0 saturated carbocycles. The van der Waals surface area contributed by atoms with Gasteiger partial charge in [0.1, 0.15) is 18.7 Å². The van der Waals surface area contributed by atoms with Crippen molar-refractivity contribution in [1.29, 1.82) is 0 Å². The average Bonchev–Trinajstić information content (AvgIpc) is 2.52. The minimum atomic E-state index is -3.60. The lowest BCUT2D eigenvalue weighted by molar-refractivity contribution is -0.108. The van der Waals surface area contributed by atoms with E-state index in [4.69, 9.17) is 13.8 Å². The minimum absolute atomic E-state index is 0.0603. The van der Waals surface area contributed by atoms with Gasteiger partial charge in [0.25, 0.3) is 0 Å². The maximum Gasteiger partial charge on any atom is 0.408 e. The van der Waals surface area contributed by atoms with E-state index in [0.29, 0.717) is 6.29 Å². The molecule has 1 aromatic rings. The fraction of sp³-hybridized carbons (Fsp3) is 0.385. The Morgan fingerprint density at radius 1 is 1.29 bits per heavy atom. The third kappa shape index (κ3) is 5.30. The van der Waals surface area contributed by atoms with Crippen molar-refractivity contribution in [2.75, 3.05) is 14.2 Å². The molecule has 116 valence electrons. The number of benzene rings is 1. The Labute approximate surface area is 123 Å². The zero-order valence-corrected chi connectivity index (χ0v) is 12.7. The maximum atomic E-state index is 12.2. The Balaban J connectivity index is 2.60. The molecule has 0 aliphatic heterocycles. The van der Waals surface area contributed by atoms with Crippen molar-refractivity contribution in [2.45, 2.75) is 18.8 Å². The van der Waals surface area contributed by atoms with E-state index in [0.717, 1.165) is 5.56 Å². The van der Waals surface area contributed by atoms with Gasteiger partial charge >= 0.3 is 13.7 Å². The maximum absolute atomic E-state index is 12.2. The van der Waals surface area contributed by atoms with Crippen LogP contribution in [0.3, 0.4) is 0 Å². The lowest BCUT2D eigenvalue weighted by Crippen LogP contribution is -2.36. The van der Waals surface area contributed by atoms with Gasteiger partial charge in [0.05, 0.1) is 0 Å². The van der Waals surface area contributed by atoms with Gasteiger partial charge in [-0.2, -0.15) is 0 Å². The second kappa shape index (κ2) is 8.56. The molecule has 1 aromatic carbocycles. The number of carbonyl (C=O) groups is 2. The predicted octanol–water partition coefficient (Wildman–Crippen LogP) is 2.31. The van der Waals surface area contributed by atoms with Gasteiger partial charge in [-0.05, 0) is 5.56 Å². The van der Waals surface area contributed by atoms with Gasteiger partial charge in [-0.3, -0.25) is 4.57 Å². The van der Waals surface area contributed by atoms with Gasteiger partial charge in [0.15, 0.2) is 0 Å². The van der Waals surface area contributed by atoms with E-state index in [1.807, 2.05) is 18.2 Å². The summed E-state index contributed by atoms with van der Waals surface area (Å²) in [6.07, 6.45) is -0.494. The third-order valence-corrected chi connectivity index (χ3v) is 4.83. The van der Waals surface area contributed by atoms with Crippen molar-refractivity contribution in [3.8, 4) is 0 Å². The normalized spacial score (nSPS) is 12.5. The van der Waals surface area contributed by atoms with E-state index in [-0.39, 0.29) is 13.0 Å². The highest BCUT2D eigenvalue weighted by atomic mass is 31.2. The average molecular weight is 315 g/mol. The largest absolute Gasteiger partial charge is 0.445 e. The fourth-order valence-electron chi connectivity index (χ4n) is 1.59. The minimum Gasteiger partial charge on any atom is -0.445 e. The Bertz CT molecular complexity index is 499. The number of nitrogens with one attached hydrogen (secondary N) is 1. The zero-order valence-electron chi connectivity index (χ0n) is 11.9. The molecule has 8 heteroatoms. The summed E-state index contributed by atoms with van der Waals surface area (Å²) in [7, 11) is -1.24. The van der Waals surface area contributed by atoms with E-state index in [1.54, 1.807) is 12.1 Å². The molecule has 1 atom stereocenters. The Kier molecular flexibility index (Phi) is 7.08. The molecule has 0 aromatic heterocycles. The highest BCUT2D eigenvalue weighted by Gasteiger charge is 2.35. The molecule has 0 spiro atoms. The first-order chi connectivity index (χ1) is 10.1. The summed E-state index contributed by atoms with van der Waals surface area (Å²) in [6.45, 7) is 0.0603. The second-order valence-electron chi connectivity index (χ2n) is 4.03. The summed E-state index contributed by atoms with van der Waals surface area (Å²) < 4.78 is 26.7. The molecular weight excluding hydrogens is 297 g/mol. The molecule has 1 rings (SSSR count). The highest BCUT2D eigenvalue weighted by Crippen LogP contribution is 2.51. The van der Waals surface area contributed by atoms with E-state index in [2.05, 4.69) is 5.32 Å². The number of carbonyl (C=O) groups excluding carboxylic acids is 2. The van der Waals surface area contributed by atoms with Crippen LogP contribution in [0.25, 0.3) is 0 Å². The van der Waals surface area contributed by atoms with Crippen LogP contribution in [0.15, 0.2) is 30.3 Å². The Morgan fingerprint density at radius 3 is 2.43 bits per heavy atom.